The molecule has 0 bridgehead atoms. The van der Waals surface area contributed by atoms with Gasteiger partial charge in [0.2, 0.25) is 5.91 Å². The maximum atomic E-state index is 12.1. The normalized spacial score (nSPS) is 23.3. The zero-order chi connectivity index (χ0) is 15.7. The Morgan fingerprint density at radius 3 is 2.45 bits per heavy atom. The van der Waals surface area contributed by atoms with Gasteiger partial charge in [0.15, 0.2) is 0 Å². The van der Waals surface area contributed by atoms with Crippen LogP contribution in [0.1, 0.15) is 36.0 Å². The number of carbonyl (C=O) groups is 3. The van der Waals surface area contributed by atoms with Crippen LogP contribution in [0.4, 0.5) is 5.69 Å². The van der Waals surface area contributed by atoms with Crippen LogP contribution in [-0.4, -0.2) is 28.9 Å². The first-order chi connectivity index (χ1) is 10.5. The highest BCUT2D eigenvalue weighted by Crippen LogP contribution is 2.30. The molecule has 3 rings (SSSR count). The Balaban J connectivity index is 1.56. The molecule has 2 saturated carbocycles. The van der Waals surface area contributed by atoms with E-state index in [4.69, 9.17) is 5.11 Å². The highest BCUT2D eigenvalue weighted by Gasteiger charge is 2.35. The third-order valence-corrected chi connectivity index (χ3v) is 4.16. The van der Waals surface area contributed by atoms with Crippen molar-refractivity contribution >= 4 is 23.5 Å². The number of anilines is 1. The Hall–Kier alpha value is -2.37. The fraction of sp³-hybridized carbons (Fsp3) is 0.438. The summed E-state index contributed by atoms with van der Waals surface area (Å²) >= 11 is 0. The molecule has 0 spiro atoms. The summed E-state index contributed by atoms with van der Waals surface area (Å²) in [7, 11) is 0. The molecule has 0 aromatic heterocycles. The number of hydrogen-bond acceptors (Lipinski definition) is 3. The molecular weight excluding hydrogens is 284 g/mol. The quantitative estimate of drug-likeness (QED) is 0.770. The lowest BCUT2D eigenvalue weighted by atomic mass is 9.80. The van der Waals surface area contributed by atoms with Crippen LogP contribution >= 0.6 is 0 Å². The van der Waals surface area contributed by atoms with Crippen molar-refractivity contribution in [2.24, 2.45) is 11.8 Å². The largest absolute Gasteiger partial charge is 0.481 e. The van der Waals surface area contributed by atoms with Gasteiger partial charge in [-0.1, -0.05) is 6.07 Å². The SMILES string of the molecule is O=C(NC1CC(C(=O)O)C1)c1cccc(NC(=O)C2CC2)c1. The third-order valence-electron chi connectivity index (χ3n) is 4.16. The van der Waals surface area contributed by atoms with Crippen LogP contribution in [0.3, 0.4) is 0 Å². The van der Waals surface area contributed by atoms with Gasteiger partial charge in [0.1, 0.15) is 0 Å². The molecule has 0 heterocycles. The minimum atomic E-state index is -0.810. The van der Waals surface area contributed by atoms with Crippen LogP contribution in [0.25, 0.3) is 0 Å². The standard InChI is InChI=1S/C16H18N2O4/c19-14(9-4-5-9)17-12-3-1-2-10(6-12)15(20)18-13-7-11(8-13)16(21)22/h1-3,6,9,11,13H,4-5,7-8H2,(H,17,19)(H,18,20)(H,21,22). The monoisotopic (exact) mass is 302 g/mol. The molecule has 0 aliphatic heterocycles. The van der Waals surface area contributed by atoms with Crippen molar-refractivity contribution in [2.45, 2.75) is 31.7 Å². The Morgan fingerprint density at radius 2 is 1.82 bits per heavy atom. The van der Waals surface area contributed by atoms with Crippen molar-refractivity contribution in [3.63, 3.8) is 0 Å². The van der Waals surface area contributed by atoms with E-state index in [2.05, 4.69) is 10.6 Å². The van der Waals surface area contributed by atoms with E-state index in [-0.39, 0.29) is 29.7 Å². The van der Waals surface area contributed by atoms with Gasteiger partial charge in [0, 0.05) is 23.2 Å². The Labute approximate surface area is 127 Å². The maximum absolute atomic E-state index is 12.1. The lowest BCUT2D eigenvalue weighted by Gasteiger charge is -2.32. The van der Waals surface area contributed by atoms with Crippen molar-refractivity contribution in [1.29, 1.82) is 0 Å². The molecule has 2 aliphatic carbocycles. The summed E-state index contributed by atoms with van der Waals surface area (Å²) in [6.07, 6.45) is 2.80. The van der Waals surface area contributed by atoms with E-state index < -0.39 is 5.97 Å². The maximum Gasteiger partial charge on any atom is 0.306 e. The average Bonchev–Trinajstić information content (AvgIpc) is 3.26. The van der Waals surface area contributed by atoms with Crippen LogP contribution < -0.4 is 10.6 Å². The predicted molar refractivity (Wildman–Crippen MR) is 79.4 cm³/mol. The molecule has 3 N–H and O–H groups in total. The van der Waals surface area contributed by atoms with Crippen LogP contribution in [0, 0.1) is 11.8 Å². The summed E-state index contributed by atoms with van der Waals surface area (Å²) in [4.78, 5) is 34.6. The second kappa shape index (κ2) is 5.79. The first-order valence-corrected chi connectivity index (χ1v) is 7.47. The highest BCUT2D eigenvalue weighted by molar-refractivity contribution is 5.98. The molecule has 2 fully saturated rings. The van der Waals surface area contributed by atoms with Gasteiger partial charge in [-0.25, -0.2) is 0 Å². The fourth-order valence-electron chi connectivity index (χ4n) is 2.53. The Bertz CT molecular complexity index is 618. The zero-order valence-corrected chi connectivity index (χ0v) is 12.0. The number of carboxylic acids is 1. The zero-order valence-electron chi connectivity index (χ0n) is 12.0. The van der Waals surface area contributed by atoms with Gasteiger partial charge >= 0.3 is 5.97 Å². The van der Waals surface area contributed by atoms with Gasteiger partial charge in [-0.05, 0) is 43.9 Å². The molecule has 6 nitrogen and oxygen atoms in total. The van der Waals surface area contributed by atoms with Gasteiger partial charge in [0.05, 0.1) is 5.92 Å². The Morgan fingerprint density at radius 1 is 1.09 bits per heavy atom. The molecule has 1 aromatic rings. The number of benzene rings is 1. The molecule has 22 heavy (non-hydrogen) atoms. The summed E-state index contributed by atoms with van der Waals surface area (Å²) < 4.78 is 0. The first kappa shape index (κ1) is 14.6. The minimum absolute atomic E-state index is 0.000788. The predicted octanol–water partition coefficient (Wildman–Crippen LogP) is 1.63. The second-order valence-electron chi connectivity index (χ2n) is 6.02. The molecular formula is C16H18N2O4. The number of rotatable bonds is 5. The molecule has 0 unspecified atom stereocenters. The molecule has 0 radical (unpaired) electrons. The summed E-state index contributed by atoms with van der Waals surface area (Å²) in [5.74, 6) is -1.29. The van der Waals surface area contributed by atoms with Gasteiger partial charge in [0.25, 0.3) is 5.91 Å². The van der Waals surface area contributed by atoms with Crippen molar-refractivity contribution in [1.82, 2.24) is 5.32 Å². The van der Waals surface area contributed by atoms with Crippen LogP contribution in [-0.2, 0) is 9.59 Å². The Kier molecular flexibility index (Phi) is 3.83. The van der Waals surface area contributed by atoms with E-state index in [9.17, 15) is 14.4 Å². The van der Waals surface area contributed by atoms with Crippen LogP contribution in [0.15, 0.2) is 24.3 Å². The number of amides is 2. The number of carbonyl (C=O) groups excluding carboxylic acids is 2. The number of hydrogen-bond donors (Lipinski definition) is 3. The van der Waals surface area contributed by atoms with Crippen molar-refractivity contribution in [3.05, 3.63) is 29.8 Å². The average molecular weight is 302 g/mol. The molecule has 0 atom stereocenters. The lowest BCUT2D eigenvalue weighted by Crippen LogP contribution is -2.46. The number of aliphatic carboxylic acids is 1. The molecule has 116 valence electrons. The summed E-state index contributed by atoms with van der Waals surface area (Å²) in [5, 5.41) is 14.4. The molecule has 2 amide bonds. The molecule has 0 saturated heterocycles. The van der Waals surface area contributed by atoms with Crippen molar-refractivity contribution in [3.8, 4) is 0 Å². The van der Waals surface area contributed by atoms with E-state index in [1.807, 2.05) is 0 Å². The third kappa shape index (κ3) is 3.27. The van der Waals surface area contributed by atoms with Gasteiger partial charge < -0.3 is 15.7 Å². The smallest absolute Gasteiger partial charge is 0.306 e. The summed E-state index contributed by atoms with van der Waals surface area (Å²) in [6.45, 7) is 0. The van der Waals surface area contributed by atoms with Crippen molar-refractivity contribution < 1.29 is 19.5 Å². The van der Waals surface area contributed by atoms with E-state index in [1.54, 1.807) is 24.3 Å². The van der Waals surface area contributed by atoms with Crippen molar-refractivity contribution in [2.75, 3.05) is 5.32 Å². The molecule has 6 heteroatoms. The minimum Gasteiger partial charge on any atom is -0.481 e. The fourth-order valence-corrected chi connectivity index (χ4v) is 2.53. The van der Waals surface area contributed by atoms with Gasteiger partial charge in [-0.15, -0.1) is 0 Å². The summed E-state index contributed by atoms with van der Waals surface area (Å²) in [6, 6.07) is 6.70. The molecule has 1 aromatic carbocycles. The summed E-state index contributed by atoms with van der Waals surface area (Å²) in [5.41, 5.74) is 1.08. The topological polar surface area (TPSA) is 95.5 Å². The first-order valence-electron chi connectivity index (χ1n) is 7.47. The van der Waals surface area contributed by atoms with E-state index in [1.165, 1.54) is 0 Å². The van der Waals surface area contributed by atoms with Gasteiger partial charge in [-0.2, -0.15) is 0 Å². The van der Waals surface area contributed by atoms with Crippen LogP contribution in [0.5, 0.6) is 0 Å². The van der Waals surface area contributed by atoms with E-state index >= 15 is 0 Å². The molecule has 2 aliphatic rings. The van der Waals surface area contributed by atoms with Gasteiger partial charge in [-0.3, -0.25) is 14.4 Å². The van der Waals surface area contributed by atoms with E-state index in [0.29, 0.717) is 24.1 Å². The number of nitrogens with one attached hydrogen (secondary N) is 2. The lowest BCUT2D eigenvalue weighted by molar-refractivity contribution is -0.145. The van der Waals surface area contributed by atoms with E-state index in [0.717, 1.165) is 12.8 Å². The second-order valence-corrected chi connectivity index (χ2v) is 6.02. The highest BCUT2D eigenvalue weighted by atomic mass is 16.4. The van der Waals surface area contributed by atoms with Crippen LogP contribution in [0.2, 0.25) is 0 Å². The number of carboxylic acid groups (broad SMARTS) is 1.